The number of thiophene rings is 2. The molecule has 0 saturated heterocycles. The van der Waals surface area contributed by atoms with Gasteiger partial charge in [-0.3, -0.25) is 10.2 Å². The number of urea groups is 1. The van der Waals surface area contributed by atoms with Gasteiger partial charge in [-0.2, -0.15) is 8.78 Å². The van der Waals surface area contributed by atoms with Crippen LogP contribution in [0.5, 0.6) is 0 Å². The summed E-state index contributed by atoms with van der Waals surface area (Å²) in [6, 6.07) is -0.535. The number of aryl methyl sites for hydroxylation is 1. The van der Waals surface area contributed by atoms with Gasteiger partial charge in [-0.25, -0.2) is 9.59 Å². The Morgan fingerprint density at radius 2 is 1.77 bits per heavy atom. The van der Waals surface area contributed by atoms with Gasteiger partial charge in [-0.15, -0.1) is 22.7 Å². The molecule has 3 heterocycles. The summed E-state index contributed by atoms with van der Waals surface area (Å²) in [4.78, 5) is 30.5. The van der Waals surface area contributed by atoms with Gasteiger partial charge in [0.25, 0.3) is 0 Å². The highest BCUT2D eigenvalue weighted by Crippen LogP contribution is 2.45. The summed E-state index contributed by atoms with van der Waals surface area (Å²) < 4.78 is 36.2. The van der Waals surface area contributed by atoms with Crippen LogP contribution in [0.2, 0.25) is 0 Å². The van der Waals surface area contributed by atoms with Crippen LogP contribution in [-0.4, -0.2) is 35.6 Å². The van der Waals surface area contributed by atoms with E-state index in [1.54, 1.807) is 0 Å². The average Bonchev–Trinajstić information content (AvgIpc) is 3.30. The van der Waals surface area contributed by atoms with Crippen LogP contribution in [0.1, 0.15) is 95.6 Å². The lowest BCUT2D eigenvalue weighted by Crippen LogP contribution is -2.32. The number of ether oxygens (including phenoxy) is 1. The first-order chi connectivity index (χ1) is 18.3. The first-order valence-corrected chi connectivity index (χ1v) is 15.3. The van der Waals surface area contributed by atoms with E-state index in [0.717, 1.165) is 77.4 Å². The fraction of sp³-hybridized carbons (Fsp3) is 0.586. The van der Waals surface area contributed by atoms with Crippen molar-refractivity contribution in [2.45, 2.75) is 97.8 Å². The maximum Gasteiger partial charge on any atom is 0.341 e. The number of likely N-dealkylation sites (N-methyl/N-ethyl adjacent to an activating group) is 1. The molecule has 10 heteroatoms. The van der Waals surface area contributed by atoms with Gasteiger partial charge >= 0.3 is 17.9 Å². The molecule has 0 spiro atoms. The number of anilines is 1. The van der Waals surface area contributed by atoms with Gasteiger partial charge in [0.05, 0.1) is 10.4 Å². The molecule has 0 fully saturated rings. The molecule has 0 unspecified atom stereocenters. The minimum atomic E-state index is -3.18. The van der Waals surface area contributed by atoms with Crippen molar-refractivity contribution in [1.29, 1.82) is 0 Å². The van der Waals surface area contributed by atoms with E-state index in [4.69, 9.17) is 4.74 Å². The molecule has 6 nitrogen and oxygen atoms in total. The molecule has 1 aliphatic heterocycles. The minimum Gasteiger partial charge on any atom is -0.456 e. The first kappa shape index (κ1) is 29.7. The Labute approximate surface area is 237 Å². The quantitative estimate of drug-likeness (QED) is 0.204. The standard InChI is InChI=1S/C29H39F2N3O3S2/c1-7-34-14-13-18-20(24(38-22(18)16-34)29(30,31)17(2)3)15-32-27(36)33-25-23(26(35)37-28(4,5)6)19-11-9-8-10-12-21(19)39-25/h2,7-16H2,1,3-6H3,(H2,32,33,36). The topological polar surface area (TPSA) is 70.7 Å². The number of carbonyl (C=O) groups is 2. The summed E-state index contributed by atoms with van der Waals surface area (Å²) in [5.41, 5.74) is 1.86. The highest BCUT2D eigenvalue weighted by Gasteiger charge is 2.40. The molecule has 0 saturated carbocycles. The van der Waals surface area contributed by atoms with E-state index in [0.29, 0.717) is 29.1 Å². The van der Waals surface area contributed by atoms with Crippen molar-refractivity contribution in [1.82, 2.24) is 10.2 Å². The van der Waals surface area contributed by atoms with Crippen LogP contribution in [0.15, 0.2) is 12.2 Å². The van der Waals surface area contributed by atoms with Gasteiger partial charge < -0.3 is 10.1 Å². The number of allylic oxidation sites excluding steroid dienone is 1. The second-order valence-corrected chi connectivity index (χ2v) is 13.6. The van der Waals surface area contributed by atoms with Crippen LogP contribution in [0, 0.1) is 0 Å². The Morgan fingerprint density at radius 1 is 1.05 bits per heavy atom. The van der Waals surface area contributed by atoms with Gasteiger partial charge in [0.15, 0.2) is 0 Å². The number of fused-ring (bicyclic) bond motifs is 2. The molecule has 0 aromatic carbocycles. The zero-order valence-electron chi connectivity index (χ0n) is 23.5. The molecule has 1 aliphatic carbocycles. The van der Waals surface area contributed by atoms with Crippen LogP contribution in [0.4, 0.5) is 18.6 Å². The molecule has 39 heavy (non-hydrogen) atoms. The molecular weight excluding hydrogens is 540 g/mol. The zero-order chi connectivity index (χ0) is 28.5. The van der Waals surface area contributed by atoms with Crippen LogP contribution in [-0.2, 0) is 43.0 Å². The number of amides is 2. The molecule has 2 aromatic heterocycles. The number of nitrogens with zero attached hydrogens (tertiary/aromatic N) is 1. The summed E-state index contributed by atoms with van der Waals surface area (Å²) in [7, 11) is 0. The molecule has 2 N–H and O–H groups in total. The predicted molar refractivity (Wildman–Crippen MR) is 154 cm³/mol. The third-order valence-electron chi connectivity index (χ3n) is 7.19. The van der Waals surface area contributed by atoms with Gasteiger partial charge in [0, 0.05) is 29.4 Å². The highest BCUT2D eigenvalue weighted by molar-refractivity contribution is 7.17. The Kier molecular flexibility index (Phi) is 8.88. The Hall–Kier alpha value is -2.30. The van der Waals surface area contributed by atoms with Crippen molar-refractivity contribution in [2.75, 3.05) is 18.4 Å². The molecular formula is C29H39F2N3O3S2. The molecule has 2 aliphatic rings. The number of alkyl halides is 2. The number of hydrogen-bond acceptors (Lipinski definition) is 6. The van der Waals surface area contributed by atoms with E-state index in [1.165, 1.54) is 18.3 Å². The largest absolute Gasteiger partial charge is 0.456 e. The monoisotopic (exact) mass is 579 g/mol. The number of nitrogens with one attached hydrogen (secondary N) is 2. The predicted octanol–water partition coefficient (Wildman–Crippen LogP) is 7.40. The molecule has 214 valence electrons. The molecule has 4 rings (SSSR count). The lowest BCUT2D eigenvalue weighted by Gasteiger charge is -2.25. The Morgan fingerprint density at radius 3 is 2.44 bits per heavy atom. The maximum absolute atomic E-state index is 15.2. The van der Waals surface area contributed by atoms with Crippen molar-refractivity contribution in [3.05, 3.63) is 49.0 Å². The van der Waals surface area contributed by atoms with E-state index in [9.17, 15) is 9.59 Å². The average molecular weight is 580 g/mol. The minimum absolute atomic E-state index is 0.0329. The maximum atomic E-state index is 15.2. The highest BCUT2D eigenvalue weighted by atomic mass is 32.1. The third kappa shape index (κ3) is 6.55. The van der Waals surface area contributed by atoms with Crippen molar-refractivity contribution < 1.29 is 23.1 Å². The molecule has 2 amide bonds. The lowest BCUT2D eigenvalue weighted by molar-refractivity contribution is 0.00698. The van der Waals surface area contributed by atoms with Gasteiger partial charge in [0.1, 0.15) is 10.6 Å². The van der Waals surface area contributed by atoms with Gasteiger partial charge in [0.2, 0.25) is 0 Å². The normalized spacial score (nSPS) is 16.2. The zero-order valence-corrected chi connectivity index (χ0v) is 25.2. The van der Waals surface area contributed by atoms with E-state index < -0.39 is 23.5 Å². The Balaban J connectivity index is 1.58. The summed E-state index contributed by atoms with van der Waals surface area (Å²) in [5, 5.41) is 6.11. The molecule has 0 radical (unpaired) electrons. The summed E-state index contributed by atoms with van der Waals surface area (Å²) >= 11 is 2.53. The first-order valence-electron chi connectivity index (χ1n) is 13.6. The lowest BCUT2D eigenvalue weighted by atomic mass is 9.98. The second kappa shape index (κ2) is 11.7. The fourth-order valence-electron chi connectivity index (χ4n) is 5.12. The van der Waals surface area contributed by atoms with Crippen molar-refractivity contribution in [3.8, 4) is 0 Å². The molecule has 0 atom stereocenters. The number of halogens is 2. The number of rotatable bonds is 7. The van der Waals surface area contributed by atoms with Crippen LogP contribution >= 0.6 is 22.7 Å². The van der Waals surface area contributed by atoms with E-state index in [-0.39, 0.29) is 17.0 Å². The summed E-state index contributed by atoms with van der Waals surface area (Å²) in [5.74, 6) is -3.63. The van der Waals surface area contributed by atoms with Gasteiger partial charge in [-0.05, 0) is 88.6 Å². The Bertz CT molecular complexity index is 1260. The fourth-order valence-corrected chi connectivity index (χ4v) is 7.85. The van der Waals surface area contributed by atoms with Crippen molar-refractivity contribution in [3.63, 3.8) is 0 Å². The second-order valence-electron chi connectivity index (χ2n) is 11.4. The summed E-state index contributed by atoms with van der Waals surface area (Å²) in [6.45, 7) is 14.6. The van der Waals surface area contributed by atoms with Crippen LogP contribution < -0.4 is 10.6 Å². The molecule has 0 bridgehead atoms. The third-order valence-corrected chi connectivity index (χ3v) is 9.73. The van der Waals surface area contributed by atoms with E-state index in [2.05, 4.69) is 29.0 Å². The number of esters is 1. The van der Waals surface area contributed by atoms with Crippen molar-refractivity contribution in [2.24, 2.45) is 0 Å². The van der Waals surface area contributed by atoms with Gasteiger partial charge in [-0.1, -0.05) is 19.9 Å². The smallest absolute Gasteiger partial charge is 0.341 e. The summed E-state index contributed by atoms with van der Waals surface area (Å²) in [6.07, 6.45) is 5.38. The van der Waals surface area contributed by atoms with E-state index in [1.807, 2.05) is 20.8 Å². The SMILES string of the molecule is C=C(C)C(F)(F)c1sc2c(c1CNC(=O)Nc1sc3c(c1C(=O)OC(C)(C)C)CCCCC3)CCN(CC)C2. The van der Waals surface area contributed by atoms with Crippen LogP contribution in [0.3, 0.4) is 0 Å². The number of carbonyl (C=O) groups excluding carboxylic acids is 2. The van der Waals surface area contributed by atoms with Crippen molar-refractivity contribution >= 4 is 39.7 Å². The number of hydrogen-bond donors (Lipinski definition) is 2. The van der Waals surface area contributed by atoms with Crippen LogP contribution in [0.25, 0.3) is 0 Å². The molecule has 2 aromatic rings. The van der Waals surface area contributed by atoms with E-state index >= 15 is 8.78 Å².